The highest BCUT2D eigenvalue weighted by Crippen LogP contribution is 2.35. The van der Waals surface area contributed by atoms with E-state index in [4.69, 9.17) is 5.11 Å². The van der Waals surface area contributed by atoms with Crippen molar-refractivity contribution in [1.29, 1.82) is 0 Å². The van der Waals surface area contributed by atoms with Crippen LogP contribution in [0.3, 0.4) is 0 Å². The van der Waals surface area contributed by atoms with Crippen molar-refractivity contribution in [1.82, 2.24) is 15.1 Å². The van der Waals surface area contributed by atoms with Crippen LogP contribution in [0, 0.1) is 0 Å². The predicted molar refractivity (Wildman–Crippen MR) is 79.4 cm³/mol. The molecule has 3 heterocycles. The molecule has 120 valence electrons. The lowest BCUT2D eigenvalue weighted by atomic mass is 10.00. The fourth-order valence-corrected chi connectivity index (χ4v) is 4.34. The molecular weight excluding hydrogens is 270 g/mol. The summed E-state index contributed by atoms with van der Waals surface area (Å²) in [6.45, 7) is 4.13. The Morgan fingerprint density at radius 2 is 1.67 bits per heavy atom. The maximum atomic E-state index is 10.6. The van der Waals surface area contributed by atoms with E-state index in [1.54, 1.807) is 0 Å². The highest BCUT2D eigenvalue weighted by molar-refractivity contribution is 5.64. The quantitative estimate of drug-likeness (QED) is 0.712. The summed E-state index contributed by atoms with van der Waals surface area (Å²) in [5.41, 5.74) is 0. The molecule has 6 nitrogen and oxygen atoms in total. The molecule has 1 amide bonds. The van der Waals surface area contributed by atoms with E-state index in [1.165, 1.54) is 12.8 Å². The van der Waals surface area contributed by atoms with Crippen LogP contribution in [0.4, 0.5) is 4.79 Å². The van der Waals surface area contributed by atoms with E-state index in [9.17, 15) is 9.90 Å². The molecule has 21 heavy (non-hydrogen) atoms. The second-order valence-electron chi connectivity index (χ2n) is 6.81. The Bertz CT molecular complexity index is 357. The van der Waals surface area contributed by atoms with Crippen LogP contribution in [0.15, 0.2) is 0 Å². The van der Waals surface area contributed by atoms with Crippen molar-refractivity contribution in [2.24, 2.45) is 0 Å². The van der Waals surface area contributed by atoms with E-state index >= 15 is 0 Å². The van der Waals surface area contributed by atoms with Crippen LogP contribution in [0.1, 0.15) is 38.5 Å². The summed E-state index contributed by atoms with van der Waals surface area (Å²) in [5, 5.41) is 21.2. The number of likely N-dealkylation sites (tertiary alicyclic amines) is 1. The van der Waals surface area contributed by atoms with Crippen LogP contribution >= 0.6 is 0 Å². The Kier molecular flexibility index (Phi) is 4.66. The molecule has 3 rings (SSSR count). The zero-order valence-electron chi connectivity index (χ0n) is 12.6. The van der Waals surface area contributed by atoms with Crippen LogP contribution in [0.25, 0.3) is 0 Å². The van der Waals surface area contributed by atoms with Gasteiger partial charge in [0, 0.05) is 44.3 Å². The lowest BCUT2D eigenvalue weighted by Crippen LogP contribution is -2.50. The molecule has 0 radical (unpaired) electrons. The van der Waals surface area contributed by atoms with E-state index in [1.807, 2.05) is 0 Å². The molecule has 0 aromatic rings. The van der Waals surface area contributed by atoms with Gasteiger partial charge in [-0.1, -0.05) is 0 Å². The largest absolute Gasteiger partial charge is 0.465 e. The van der Waals surface area contributed by atoms with E-state index < -0.39 is 6.09 Å². The van der Waals surface area contributed by atoms with Gasteiger partial charge >= 0.3 is 6.09 Å². The molecule has 0 spiro atoms. The second kappa shape index (κ2) is 6.50. The molecule has 3 N–H and O–H groups in total. The van der Waals surface area contributed by atoms with Gasteiger partial charge in [0.2, 0.25) is 0 Å². The molecule has 2 unspecified atom stereocenters. The van der Waals surface area contributed by atoms with Gasteiger partial charge in [0.1, 0.15) is 0 Å². The summed E-state index contributed by atoms with van der Waals surface area (Å²) in [5.74, 6) is 0. The number of piperidine rings is 2. The summed E-state index contributed by atoms with van der Waals surface area (Å²) in [6, 6.07) is 1.30. The Balaban J connectivity index is 1.40. The molecule has 0 aliphatic carbocycles. The molecule has 0 aromatic carbocycles. The number of carboxylic acid groups (broad SMARTS) is 1. The van der Waals surface area contributed by atoms with E-state index in [-0.39, 0.29) is 12.1 Å². The van der Waals surface area contributed by atoms with Gasteiger partial charge in [0.15, 0.2) is 0 Å². The number of nitrogens with one attached hydrogen (secondary N) is 1. The van der Waals surface area contributed by atoms with Crippen LogP contribution in [0.5, 0.6) is 0 Å². The Hall–Kier alpha value is -0.850. The molecule has 3 saturated heterocycles. The molecule has 3 aliphatic heterocycles. The lowest BCUT2D eigenvalue weighted by molar-refractivity contribution is 0.0285. The van der Waals surface area contributed by atoms with Crippen molar-refractivity contribution in [3.8, 4) is 0 Å². The van der Waals surface area contributed by atoms with Gasteiger partial charge in [-0.05, 0) is 38.5 Å². The van der Waals surface area contributed by atoms with Crippen molar-refractivity contribution in [3.05, 3.63) is 0 Å². The SMILES string of the molecule is O=C(O)NC1CCN(CCN2C3CCC2CC(O)C3)CC1. The summed E-state index contributed by atoms with van der Waals surface area (Å²) < 4.78 is 0. The minimum Gasteiger partial charge on any atom is -0.465 e. The van der Waals surface area contributed by atoms with Crippen LogP contribution in [0.2, 0.25) is 0 Å². The average Bonchev–Trinajstić information content (AvgIpc) is 2.68. The monoisotopic (exact) mass is 297 g/mol. The third kappa shape index (κ3) is 3.67. The predicted octanol–water partition coefficient (Wildman–Crippen LogP) is 0.706. The van der Waals surface area contributed by atoms with Crippen LogP contribution < -0.4 is 5.32 Å². The smallest absolute Gasteiger partial charge is 0.404 e. The number of carbonyl (C=O) groups is 1. The van der Waals surface area contributed by atoms with E-state index in [2.05, 4.69) is 15.1 Å². The van der Waals surface area contributed by atoms with Gasteiger partial charge in [-0.3, -0.25) is 4.90 Å². The molecule has 3 fully saturated rings. The first-order chi connectivity index (χ1) is 10.1. The first-order valence-electron chi connectivity index (χ1n) is 8.27. The number of hydrogen-bond donors (Lipinski definition) is 3. The fraction of sp³-hybridized carbons (Fsp3) is 0.933. The molecule has 2 atom stereocenters. The first-order valence-corrected chi connectivity index (χ1v) is 8.27. The zero-order chi connectivity index (χ0) is 14.8. The average molecular weight is 297 g/mol. The van der Waals surface area contributed by atoms with E-state index in [0.717, 1.165) is 51.9 Å². The van der Waals surface area contributed by atoms with Crippen LogP contribution in [-0.2, 0) is 0 Å². The minimum atomic E-state index is -0.906. The van der Waals surface area contributed by atoms with Crippen molar-refractivity contribution in [2.45, 2.75) is 62.8 Å². The van der Waals surface area contributed by atoms with Crippen molar-refractivity contribution < 1.29 is 15.0 Å². The highest BCUT2D eigenvalue weighted by Gasteiger charge is 2.39. The Morgan fingerprint density at radius 1 is 1.05 bits per heavy atom. The number of rotatable bonds is 4. The summed E-state index contributed by atoms with van der Waals surface area (Å²) in [6.07, 6.45) is 5.21. The van der Waals surface area contributed by atoms with Gasteiger partial charge in [0.05, 0.1) is 6.10 Å². The number of nitrogens with zero attached hydrogens (tertiary/aromatic N) is 2. The molecule has 2 bridgehead atoms. The maximum Gasteiger partial charge on any atom is 0.404 e. The minimum absolute atomic E-state index is 0.0865. The third-order valence-electron chi connectivity index (χ3n) is 5.45. The third-order valence-corrected chi connectivity index (χ3v) is 5.45. The molecule has 0 saturated carbocycles. The fourth-order valence-electron chi connectivity index (χ4n) is 4.34. The van der Waals surface area contributed by atoms with Crippen molar-refractivity contribution >= 4 is 6.09 Å². The number of aliphatic hydroxyl groups excluding tert-OH is 1. The van der Waals surface area contributed by atoms with Crippen molar-refractivity contribution in [2.75, 3.05) is 26.2 Å². The van der Waals surface area contributed by atoms with Gasteiger partial charge < -0.3 is 20.4 Å². The van der Waals surface area contributed by atoms with Gasteiger partial charge in [-0.15, -0.1) is 0 Å². The van der Waals surface area contributed by atoms with Crippen molar-refractivity contribution in [3.63, 3.8) is 0 Å². The normalized spacial score (nSPS) is 35.0. The van der Waals surface area contributed by atoms with Gasteiger partial charge in [0.25, 0.3) is 0 Å². The first kappa shape index (κ1) is 15.1. The van der Waals surface area contributed by atoms with Gasteiger partial charge in [-0.25, -0.2) is 4.79 Å². The molecule has 6 heteroatoms. The summed E-state index contributed by atoms with van der Waals surface area (Å²) in [4.78, 5) is 15.7. The topological polar surface area (TPSA) is 76.0 Å². The van der Waals surface area contributed by atoms with Gasteiger partial charge in [-0.2, -0.15) is 0 Å². The number of fused-ring (bicyclic) bond motifs is 2. The zero-order valence-corrected chi connectivity index (χ0v) is 12.6. The summed E-state index contributed by atoms with van der Waals surface area (Å²) >= 11 is 0. The Labute approximate surface area is 126 Å². The summed E-state index contributed by atoms with van der Waals surface area (Å²) in [7, 11) is 0. The number of aliphatic hydroxyl groups is 1. The number of hydrogen-bond acceptors (Lipinski definition) is 4. The highest BCUT2D eigenvalue weighted by atomic mass is 16.4. The standard InChI is InChI=1S/C15H27N3O3/c19-14-9-12-1-2-13(10-14)18(12)8-7-17-5-3-11(4-6-17)16-15(20)21/h11-14,16,19H,1-10H2,(H,20,21). The van der Waals surface area contributed by atoms with E-state index in [0.29, 0.717) is 12.1 Å². The maximum absolute atomic E-state index is 10.6. The van der Waals surface area contributed by atoms with Crippen LogP contribution in [-0.4, -0.2) is 76.5 Å². The number of amides is 1. The second-order valence-corrected chi connectivity index (χ2v) is 6.81. The molecular formula is C15H27N3O3. The lowest BCUT2D eigenvalue weighted by Gasteiger charge is -2.39. The Morgan fingerprint density at radius 3 is 2.24 bits per heavy atom. The molecule has 3 aliphatic rings. The molecule has 0 aromatic heterocycles.